The van der Waals surface area contributed by atoms with Gasteiger partial charge in [-0.25, -0.2) is 9.78 Å². The number of carbonyl (C=O) groups is 1. The van der Waals surface area contributed by atoms with E-state index < -0.39 is 5.60 Å². The number of thiophene rings is 1. The molecule has 2 aromatic rings. The van der Waals surface area contributed by atoms with E-state index >= 15 is 0 Å². The monoisotopic (exact) mass is 292 g/mol. The number of hydrogen-bond acceptors (Lipinski definition) is 5. The number of anilines is 1. The SMILES string of the molecule is CC(C)c1ccc2c(N)c(C(=O)OC(C)(C)C)sc2n1. The third kappa shape index (κ3) is 2.93. The van der Waals surface area contributed by atoms with E-state index in [1.807, 2.05) is 32.9 Å². The van der Waals surface area contributed by atoms with E-state index in [0.717, 1.165) is 15.9 Å². The standard InChI is InChI=1S/C15H20N2O2S/c1-8(2)10-7-6-9-11(16)12(20-13(9)17-10)14(18)19-15(3,4)5/h6-8H,16H2,1-5H3. The molecule has 0 aliphatic carbocycles. The van der Waals surface area contributed by atoms with Crippen molar-refractivity contribution in [2.75, 3.05) is 5.73 Å². The highest BCUT2D eigenvalue weighted by Crippen LogP contribution is 2.34. The molecule has 20 heavy (non-hydrogen) atoms. The van der Waals surface area contributed by atoms with Crippen LogP contribution in [0.25, 0.3) is 10.2 Å². The fraction of sp³-hybridized carbons (Fsp3) is 0.467. The Balaban J connectivity index is 2.45. The zero-order valence-corrected chi connectivity index (χ0v) is 13.3. The molecule has 0 radical (unpaired) electrons. The van der Waals surface area contributed by atoms with Gasteiger partial charge in [-0.2, -0.15) is 0 Å². The van der Waals surface area contributed by atoms with Crippen molar-refractivity contribution in [1.29, 1.82) is 0 Å². The fourth-order valence-corrected chi connectivity index (χ4v) is 2.79. The van der Waals surface area contributed by atoms with Gasteiger partial charge in [-0.3, -0.25) is 0 Å². The van der Waals surface area contributed by atoms with Gasteiger partial charge in [-0.05, 0) is 38.8 Å². The molecule has 0 aromatic carbocycles. The Bertz CT molecular complexity index is 654. The van der Waals surface area contributed by atoms with Crippen molar-refractivity contribution < 1.29 is 9.53 Å². The van der Waals surface area contributed by atoms with Crippen molar-refractivity contribution in [3.05, 3.63) is 22.7 Å². The summed E-state index contributed by atoms with van der Waals surface area (Å²) in [5.41, 5.74) is 6.98. The first-order chi connectivity index (χ1) is 9.19. The van der Waals surface area contributed by atoms with Gasteiger partial charge in [0.2, 0.25) is 0 Å². The zero-order valence-electron chi connectivity index (χ0n) is 12.5. The van der Waals surface area contributed by atoms with E-state index in [2.05, 4.69) is 18.8 Å². The predicted octanol–water partition coefficient (Wildman–Crippen LogP) is 3.96. The smallest absolute Gasteiger partial charge is 0.351 e. The molecule has 0 saturated carbocycles. The van der Waals surface area contributed by atoms with Crippen LogP contribution in [0.1, 0.15) is 55.9 Å². The van der Waals surface area contributed by atoms with Crippen LogP contribution in [0, 0.1) is 0 Å². The van der Waals surface area contributed by atoms with Crippen molar-refractivity contribution in [2.45, 2.75) is 46.1 Å². The summed E-state index contributed by atoms with van der Waals surface area (Å²) in [6, 6.07) is 3.88. The molecule has 2 heterocycles. The molecule has 0 bridgehead atoms. The molecule has 108 valence electrons. The quantitative estimate of drug-likeness (QED) is 0.851. The van der Waals surface area contributed by atoms with Crippen LogP contribution < -0.4 is 5.73 Å². The van der Waals surface area contributed by atoms with E-state index in [0.29, 0.717) is 16.5 Å². The summed E-state index contributed by atoms with van der Waals surface area (Å²) in [5, 5.41) is 0.820. The Kier molecular flexibility index (Phi) is 3.73. The lowest BCUT2D eigenvalue weighted by molar-refractivity contribution is 0.00765. The second-order valence-electron chi connectivity index (χ2n) is 6.09. The summed E-state index contributed by atoms with van der Waals surface area (Å²) in [6.07, 6.45) is 0. The van der Waals surface area contributed by atoms with Crippen molar-refractivity contribution in [3.63, 3.8) is 0 Å². The summed E-state index contributed by atoms with van der Waals surface area (Å²) in [4.78, 5) is 17.9. The van der Waals surface area contributed by atoms with Crippen molar-refractivity contribution in [1.82, 2.24) is 4.98 Å². The van der Waals surface area contributed by atoms with E-state index in [1.165, 1.54) is 11.3 Å². The van der Waals surface area contributed by atoms with E-state index in [9.17, 15) is 4.79 Å². The average molecular weight is 292 g/mol. The molecule has 0 atom stereocenters. The van der Waals surface area contributed by atoms with Gasteiger partial charge in [0, 0.05) is 11.1 Å². The van der Waals surface area contributed by atoms with Gasteiger partial charge >= 0.3 is 5.97 Å². The summed E-state index contributed by atoms with van der Waals surface area (Å²) >= 11 is 1.29. The van der Waals surface area contributed by atoms with E-state index in [1.54, 1.807) is 0 Å². The van der Waals surface area contributed by atoms with Gasteiger partial charge in [0.25, 0.3) is 0 Å². The molecule has 2 aromatic heterocycles. The maximum absolute atomic E-state index is 12.1. The Hall–Kier alpha value is -1.62. The minimum absolute atomic E-state index is 0.340. The van der Waals surface area contributed by atoms with E-state index in [-0.39, 0.29) is 5.97 Å². The number of ether oxygens (including phenoxy) is 1. The van der Waals surface area contributed by atoms with Gasteiger partial charge in [0.1, 0.15) is 15.3 Å². The summed E-state index contributed by atoms with van der Waals surface area (Å²) in [5.74, 6) is -0.0446. The van der Waals surface area contributed by atoms with Crippen molar-refractivity contribution >= 4 is 33.2 Å². The molecule has 0 aliphatic rings. The first-order valence-corrected chi connectivity index (χ1v) is 7.43. The second-order valence-corrected chi connectivity index (χ2v) is 7.09. The van der Waals surface area contributed by atoms with Crippen LogP contribution in [0.3, 0.4) is 0 Å². The molecule has 0 spiro atoms. The van der Waals surface area contributed by atoms with Crippen molar-refractivity contribution in [3.8, 4) is 0 Å². The summed E-state index contributed by atoms with van der Waals surface area (Å²) in [7, 11) is 0. The number of hydrogen-bond donors (Lipinski definition) is 1. The topological polar surface area (TPSA) is 65.2 Å². The number of rotatable bonds is 2. The molecule has 0 unspecified atom stereocenters. The van der Waals surface area contributed by atoms with Crippen LogP contribution in [0.5, 0.6) is 0 Å². The normalized spacial score (nSPS) is 12.1. The molecular formula is C15H20N2O2S. The number of aromatic nitrogens is 1. The number of carbonyl (C=O) groups excluding carboxylic acids is 1. The number of pyridine rings is 1. The minimum Gasteiger partial charge on any atom is -0.456 e. The largest absolute Gasteiger partial charge is 0.456 e. The molecule has 2 N–H and O–H groups in total. The lowest BCUT2D eigenvalue weighted by Gasteiger charge is -2.18. The lowest BCUT2D eigenvalue weighted by atomic mass is 10.1. The van der Waals surface area contributed by atoms with Gasteiger partial charge in [0.15, 0.2) is 0 Å². The van der Waals surface area contributed by atoms with Gasteiger partial charge in [-0.15, -0.1) is 11.3 Å². The number of esters is 1. The Morgan fingerprint density at radius 1 is 1.35 bits per heavy atom. The molecule has 0 saturated heterocycles. The highest BCUT2D eigenvalue weighted by Gasteiger charge is 2.23. The Morgan fingerprint density at radius 3 is 2.55 bits per heavy atom. The second kappa shape index (κ2) is 5.05. The Labute approximate surface area is 123 Å². The van der Waals surface area contributed by atoms with E-state index in [4.69, 9.17) is 10.5 Å². The molecule has 5 heteroatoms. The van der Waals surface area contributed by atoms with Gasteiger partial charge < -0.3 is 10.5 Å². The maximum atomic E-state index is 12.1. The van der Waals surface area contributed by atoms with Crippen LogP contribution in [0.2, 0.25) is 0 Å². The number of nitrogens with zero attached hydrogens (tertiary/aromatic N) is 1. The summed E-state index contributed by atoms with van der Waals surface area (Å²) < 4.78 is 5.38. The first-order valence-electron chi connectivity index (χ1n) is 6.61. The fourth-order valence-electron chi connectivity index (χ4n) is 1.81. The maximum Gasteiger partial charge on any atom is 0.351 e. The zero-order chi connectivity index (χ0) is 15.1. The molecule has 4 nitrogen and oxygen atoms in total. The highest BCUT2D eigenvalue weighted by atomic mass is 32.1. The predicted molar refractivity (Wildman–Crippen MR) is 83.3 cm³/mol. The van der Waals surface area contributed by atoms with Crippen LogP contribution in [-0.4, -0.2) is 16.6 Å². The molecule has 2 rings (SSSR count). The Morgan fingerprint density at radius 2 is 2.00 bits per heavy atom. The third-order valence-electron chi connectivity index (χ3n) is 2.79. The van der Waals surface area contributed by atoms with Gasteiger partial charge in [0.05, 0.1) is 5.69 Å². The van der Waals surface area contributed by atoms with Gasteiger partial charge in [-0.1, -0.05) is 13.8 Å². The highest BCUT2D eigenvalue weighted by molar-refractivity contribution is 7.21. The third-order valence-corrected chi connectivity index (χ3v) is 3.89. The van der Waals surface area contributed by atoms with Crippen LogP contribution >= 0.6 is 11.3 Å². The number of nitrogen functional groups attached to an aromatic ring is 1. The van der Waals surface area contributed by atoms with Crippen molar-refractivity contribution in [2.24, 2.45) is 0 Å². The molecule has 0 fully saturated rings. The molecular weight excluding hydrogens is 272 g/mol. The first kappa shape index (κ1) is 14.8. The average Bonchev–Trinajstić information content (AvgIpc) is 2.64. The minimum atomic E-state index is -0.532. The van der Waals surface area contributed by atoms with Crippen LogP contribution in [-0.2, 0) is 4.74 Å². The van der Waals surface area contributed by atoms with Crippen LogP contribution in [0.4, 0.5) is 5.69 Å². The lowest BCUT2D eigenvalue weighted by Crippen LogP contribution is -2.23. The summed E-state index contributed by atoms with van der Waals surface area (Å²) in [6.45, 7) is 9.68. The number of fused-ring (bicyclic) bond motifs is 1. The molecule has 0 aliphatic heterocycles. The molecule has 0 amide bonds. The van der Waals surface area contributed by atoms with Crippen LogP contribution in [0.15, 0.2) is 12.1 Å². The number of nitrogens with two attached hydrogens (primary N) is 1.